The van der Waals surface area contributed by atoms with E-state index in [0.29, 0.717) is 11.7 Å². The van der Waals surface area contributed by atoms with Gasteiger partial charge in [0.1, 0.15) is 5.75 Å². The Morgan fingerprint density at radius 1 is 1.59 bits per heavy atom. The maximum Gasteiger partial charge on any atom is 0.186 e. The molecule has 0 amide bonds. The Labute approximate surface area is 115 Å². The van der Waals surface area contributed by atoms with Crippen LogP contribution in [0, 0.1) is 0 Å². The highest BCUT2D eigenvalue weighted by molar-refractivity contribution is 9.10. The SMILES string of the molecule is CCOc1ccc(Br)cc1/C=N\NC(=S)NC. The fourth-order valence-electron chi connectivity index (χ4n) is 1.12. The van der Waals surface area contributed by atoms with Gasteiger partial charge in [0.05, 0.1) is 12.8 Å². The number of hydrazone groups is 1. The van der Waals surface area contributed by atoms with Crippen LogP contribution in [0.1, 0.15) is 12.5 Å². The normalized spacial score (nSPS) is 10.3. The van der Waals surface area contributed by atoms with E-state index in [-0.39, 0.29) is 0 Å². The van der Waals surface area contributed by atoms with Crippen LogP contribution in [-0.4, -0.2) is 25.0 Å². The number of rotatable bonds is 4. The van der Waals surface area contributed by atoms with Crippen molar-refractivity contribution in [3.8, 4) is 5.75 Å². The molecular weight excluding hydrogens is 302 g/mol. The maximum atomic E-state index is 5.49. The number of nitrogens with zero attached hydrogens (tertiary/aromatic N) is 1. The number of hydrogen-bond acceptors (Lipinski definition) is 3. The molecule has 0 saturated heterocycles. The van der Waals surface area contributed by atoms with Crippen molar-refractivity contribution in [2.24, 2.45) is 5.10 Å². The van der Waals surface area contributed by atoms with E-state index in [9.17, 15) is 0 Å². The number of nitrogens with one attached hydrogen (secondary N) is 2. The van der Waals surface area contributed by atoms with E-state index < -0.39 is 0 Å². The van der Waals surface area contributed by atoms with Gasteiger partial charge in [-0.25, -0.2) is 0 Å². The van der Waals surface area contributed by atoms with Gasteiger partial charge in [-0.05, 0) is 37.3 Å². The summed E-state index contributed by atoms with van der Waals surface area (Å²) in [5.74, 6) is 0.789. The van der Waals surface area contributed by atoms with Crippen molar-refractivity contribution in [1.29, 1.82) is 0 Å². The summed E-state index contributed by atoms with van der Waals surface area (Å²) in [6.45, 7) is 2.56. The predicted molar refractivity (Wildman–Crippen MR) is 77.7 cm³/mol. The lowest BCUT2D eigenvalue weighted by atomic mass is 10.2. The number of ether oxygens (including phenoxy) is 1. The van der Waals surface area contributed by atoms with Gasteiger partial charge in [-0.2, -0.15) is 5.10 Å². The molecule has 0 bridgehead atoms. The van der Waals surface area contributed by atoms with E-state index in [1.165, 1.54) is 0 Å². The molecule has 4 nitrogen and oxygen atoms in total. The molecule has 1 aromatic carbocycles. The van der Waals surface area contributed by atoms with Gasteiger partial charge in [-0.1, -0.05) is 15.9 Å². The summed E-state index contributed by atoms with van der Waals surface area (Å²) in [5, 5.41) is 7.25. The molecule has 92 valence electrons. The lowest BCUT2D eigenvalue weighted by Gasteiger charge is -2.07. The first-order chi connectivity index (χ1) is 8.17. The number of benzene rings is 1. The summed E-state index contributed by atoms with van der Waals surface area (Å²) in [4.78, 5) is 0. The Hall–Kier alpha value is -1.14. The first-order valence-electron chi connectivity index (χ1n) is 5.10. The first-order valence-corrected chi connectivity index (χ1v) is 6.30. The van der Waals surface area contributed by atoms with Crippen molar-refractivity contribution in [3.05, 3.63) is 28.2 Å². The summed E-state index contributed by atoms with van der Waals surface area (Å²) < 4.78 is 6.46. The molecule has 0 saturated carbocycles. The standard InChI is InChI=1S/C11H14BrN3OS/c1-3-16-10-5-4-9(12)6-8(10)7-14-15-11(17)13-2/h4-7H,3H2,1-2H3,(H2,13,15,17)/b14-7-. The summed E-state index contributed by atoms with van der Waals surface area (Å²) in [5.41, 5.74) is 3.57. The van der Waals surface area contributed by atoms with Crippen LogP contribution in [0.4, 0.5) is 0 Å². The Bertz CT molecular complexity index is 423. The lowest BCUT2D eigenvalue weighted by Crippen LogP contribution is -2.28. The smallest absolute Gasteiger partial charge is 0.186 e. The average Bonchev–Trinajstić information content (AvgIpc) is 2.32. The fourth-order valence-corrected chi connectivity index (χ4v) is 1.55. The zero-order valence-electron chi connectivity index (χ0n) is 9.66. The third-order valence-electron chi connectivity index (χ3n) is 1.87. The summed E-state index contributed by atoms with van der Waals surface area (Å²) in [6.07, 6.45) is 1.67. The van der Waals surface area contributed by atoms with Crippen molar-refractivity contribution in [1.82, 2.24) is 10.7 Å². The summed E-state index contributed by atoms with van der Waals surface area (Å²) in [7, 11) is 1.73. The second-order valence-electron chi connectivity index (χ2n) is 3.06. The molecule has 0 radical (unpaired) electrons. The van der Waals surface area contributed by atoms with Crippen molar-refractivity contribution in [2.45, 2.75) is 6.92 Å². The molecule has 6 heteroatoms. The van der Waals surface area contributed by atoms with Gasteiger partial charge in [0.2, 0.25) is 0 Å². The van der Waals surface area contributed by atoms with Gasteiger partial charge in [-0.15, -0.1) is 0 Å². The molecule has 0 unspecified atom stereocenters. The number of thiocarbonyl (C=S) groups is 1. The highest BCUT2D eigenvalue weighted by atomic mass is 79.9. The summed E-state index contributed by atoms with van der Waals surface area (Å²) >= 11 is 8.31. The fraction of sp³-hybridized carbons (Fsp3) is 0.273. The van der Waals surface area contributed by atoms with Crippen LogP contribution < -0.4 is 15.5 Å². The zero-order valence-corrected chi connectivity index (χ0v) is 12.1. The van der Waals surface area contributed by atoms with Gasteiger partial charge < -0.3 is 10.1 Å². The van der Waals surface area contributed by atoms with E-state index in [2.05, 4.69) is 31.8 Å². The minimum atomic E-state index is 0.467. The van der Waals surface area contributed by atoms with Crippen LogP contribution in [-0.2, 0) is 0 Å². The van der Waals surface area contributed by atoms with E-state index >= 15 is 0 Å². The Kier molecular flexibility index (Phi) is 5.93. The molecule has 0 spiro atoms. The van der Waals surface area contributed by atoms with E-state index in [1.54, 1.807) is 13.3 Å². The topological polar surface area (TPSA) is 45.6 Å². The molecule has 1 rings (SSSR count). The van der Waals surface area contributed by atoms with Gasteiger partial charge >= 0.3 is 0 Å². The Balaban J connectivity index is 2.80. The van der Waals surface area contributed by atoms with Crippen molar-refractivity contribution >= 4 is 39.5 Å². The van der Waals surface area contributed by atoms with Crippen molar-refractivity contribution in [2.75, 3.05) is 13.7 Å². The van der Waals surface area contributed by atoms with E-state index in [0.717, 1.165) is 15.8 Å². The molecule has 0 atom stereocenters. The highest BCUT2D eigenvalue weighted by Gasteiger charge is 2.01. The molecule has 1 aromatic rings. The third kappa shape index (κ3) is 4.70. The van der Waals surface area contributed by atoms with E-state index in [4.69, 9.17) is 17.0 Å². The highest BCUT2D eigenvalue weighted by Crippen LogP contribution is 2.21. The number of halogens is 1. The average molecular weight is 316 g/mol. The largest absolute Gasteiger partial charge is 0.493 e. The summed E-state index contributed by atoms with van der Waals surface area (Å²) in [6, 6.07) is 5.75. The van der Waals surface area contributed by atoms with Gasteiger partial charge in [0.25, 0.3) is 0 Å². The second-order valence-corrected chi connectivity index (χ2v) is 4.39. The van der Waals surface area contributed by atoms with Crippen molar-refractivity contribution in [3.63, 3.8) is 0 Å². The second kappa shape index (κ2) is 7.24. The molecular formula is C11H14BrN3OS. The quantitative estimate of drug-likeness (QED) is 0.508. The molecule has 0 aliphatic rings. The zero-order chi connectivity index (χ0) is 12.7. The molecule has 0 aliphatic carbocycles. The molecule has 0 fully saturated rings. The van der Waals surface area contributed by atoms with Gasteiger partial charge in [0.15, 0.2) is 5.11 Å². The Morgan fingerprint density at radius 2 is 2.35 bits per heavy atom. The van der Waals surface area contributed by atoms with Crippen LogP contribution >= 0.6 is 28.1 Å². The predicted octanol–water partition coefficient (Wildman–Crippen LogP) is 2.28. The third-order valence-corrected chi connectivity index (χ3v) is 2.66. The Morgan fingerprint density at radius 3 is 3.00 bits per heavy atom. The minimum Gasteiger partial charge on any atom is -0.493 e. The van der Waals surface area contributed by atoms with Gasteiger partial charge in [-0.3, -0.25) is 5.43 Å². The van der Waals surface area contributed by atoms with Crippen molar-refractivity contribution < 1.29 is 4.74 Å². The van der Waals surface area contributed by atoms with Crippen LogP contribution in [0.5, 0.6) is 5.75 Å². The molecule has 0 heterocycles. The van der Waals surface area contributed by atoms with Crippen LogP contribution in [0.3, 0.4) is 0 Å². The minimum absolute atomic E-state index is 0.467. The lowest BCUT2D eigenvalue weighted by molar-refractivity contribution is 0.339. The molecule has 0 aliphatic heterocycles. The maximum absolute atomic E-state index is 5.49. The molecule has 2 N–H and O–H groups in total. The molecule has 0 aromatic heterocycles. The first kappa shape index (κ1) is 13.9. The van der Waals surface area contributed by atoms with Gasteiger partial charge in [0, 0.05) is 17.1 Å². The van der Waals surface area contributed by atoms with E-state index in [1.807, 2.05) is 25.1 Å². The monoisotopic (exact) mass is 315 g/mol. The van der Waals surface area contributed by atoms with Crippen LogP contribution in [0.15, 0.2) is 27.8 Å². The molecule has 17 heavy (non-hydrogen) atoms. The number of hydrogen-bond donors (Lipinski definition) is 2. The van der Waals surface area contributed by atoms with Crippen LogP contribution in [0.25, 0.3) is 0 Å². The van der Waals surface area contributed by atoms with Crippen LogP contribution in [0.2, 0.25) is 0 Å².